The lowest BCUT2D eigenvalue weighted by Gasteiger charge is -2.10. The largest absolute Gasteiger partial charge is 0.327 e. The zero-order chi connectivity index (χ0) is 14.8. The summed E-state index contributed by atoms with van der Waals surface area (Å²) in [5.74, 6) is 0.516. The molecule has 0 N–H and O–H groups in total. The molecule has 3 rings (SSSR count). The Morgan fingerprint density at radius 3 is 2.90 bits per heavy atom. The van der Waals surface area contributed by atoms with Crippen molar-refractivity contribution in [2.24, 2.45) is 0 Å². The molecule has 0 aliphatic heterocycles. The van der Waals surface area contributed by atoms with Crippen LogP contribution in [0.5, 0.6) is 0 Å². The number of imidazole rings is 1. The van der Waals surface area contributed by atoms with E-state index in [4.69, 9.17) is 11.6 Å². The lowest BCUT2D eigenvalue weighted by atomic mass is 10.3. The van der Waals surface area contributed by atoms with Crippen molar-refractivity contribution in [1.29, 1.82) is 0 Å². The molecular weight excluding hydrogens is 291 g/mol. The van der Waals surface area contributed by atoms with Gasteiger partial charge in [0.05, 0.1) is 16.4 Å². The third kappa shape index (κ3) is 2.93. The van der Waals surface area contributed by atoms with Crippen LogP contribution in [0.15, 0.2) is 36.7 Å². The normalized spacial score (nSPS) is 12.9. The number of benzene rings is 1. The lowest BCUT2D eigenvalue weighted by molar-refractivity contribution is 0.522. The third-order valence-corrected chi connectivity index (χ3v) is 3.62. The first-order valence-corrected chi connectivity index (χ1v) is 7.36. The van der Waals surface area contributed by atoms with Crippen LogP contribution in [-0.4, -0.2) is 19.3 Å². The molecule has 1 aromatic carbocycles. The van der Waals surface area contributed by atoms with Crippen LogP contribution in [0.3, 0.4) is 0 Å². The van der Waals surface area contributed by atoms with Gasteiger partial charge in [-0.1, -0.05) is 0 Å². The van der Waals surface area contributed by atoms with Gasteiger partial charge in [-0.15, -0.1) is 11.6 Å². The van der Waals surface area contributed by atoms with E-state index in [2.05, 4.69) is 10.1 Å². The molecule has 6 heteroatoms. The quantitative estimate of drug-likeness (QED) is 0.673. The molecule has 0 fully saturated rings. The first-order valence-electron chi connectivity index (χ1n) is 6.92. The minimum Gasteiger partial charge on any atom is -0.327 e. The fourth-order valence-corrected chi connectivity index (χ4v) is 2.64. The topological polar surface area (TPSA) is 35.6 Å². The molecule has 21 heavy (non-hydrogen) atoms. The zero-order valence-electron chi connectivity index (χ0n) is 11.7. The molecule has 2 heterocycles. The molecule has 3 aromatic rings. The van der Waals surface area contributed by atoms with Gasteiger partial charge in [0, 0.05) is 25.5 Å². The van der Waals surface area contributed by atoms with Crippen molar-refractivity contribution >= 4 is 22.6 Å². The van der Waals surface area contributed by atoms with Crippen LogP contribution in [0.4, 0.5) is 4.39 Å². The molecule has 110 valence electrons. The van der Waals surface area contributed by atoms with E-state index in [1.807, 2.05) is 28.4 Å². The third-order valence-electron chi connectivity index (χ3n) is 3.42. The molecule has 1 atom stereocenters. The Morgan fingerprint density at radius 2 is 2.19 bits per heavy atom. The van der Waals surface area contributed by atoms with Gasteiger partial charge in [-0.25, -0.2) is 9.37 Å². The first kappa shape index (κ1) is 14.1. The molecule has 1 unspecified atom stereocenters. The summed E-state index contributed by atoms with van der Waals surface area (Å²) in [6, 6.07) is 6.52. The highest BCUT2D eigenvalue weighted by Gasteiger charge is 2.15. The van der Waals surface area contributed by atoms with Crippen molar-refractivity contribution in [2.75, 3.05) is 0 Å². The van der Waals surface area contributed by atoms with E-state index in [0.717, 1.165) is 36.4 Å². The van der Waals surface area contributed by atoms with Gasteiger partial charge >= 0.3 is 0 Å². The molecule has 0 bridgehead atoms. The van der Waals surface area contributed by atoms with E-state index in [9.17, 15) is 4.39 Å². The van der Waals surface area contributed by atoms with Crippen LogP contribution < -0.4 is 0 Å². The molecule has 2 aromatic heterocycles. The summed E-state index contributed by atoms with van der Waals surface area (Å²) < 4.78 is 17.4. The van der Waals surface area contributed by atoms with E-state index in [0.29, 0.717) is 0 Å². The molecule has 0 spiro atoms. The summed E-state index contributed by atoms with van der Waals surface area (Å²) in [4.78, 5) is 4.51. The second kappa shape index (κ2) is 5.85. The molecule has 0 radical (unpaired) electrons. The minimum atomic E-state index is -0.260. The van der Waals surface area contributed by atoms with Crippen LogP contribution >= 0.6 is 11.6 Å². The number of nitrogens with zero attached hydrogens (tertiary/aromatic N) is 4. The van der Waals surface area contributed by atoms with E-state index < -0.39 is 0 Å². The number of aryl methyl sites for hydroxylation is 2. The highest BCUT2D eigenvalue weighted by atomic mass is 35.5. The van der Waals surface area contributed by atoms with Crippen LogP contribution in [0, 0.1) is 5.82 Å². The van der Waals surface area contributed by atoms with Gasteiger partial charge in [-0.3, -0.25) is 4.68 Å². The lowest BCUT2D eigenvalue weighted by Crippen LogP contribution is -2.08. The maximum atomic E-state index is 13.5. The summed E-state index contributed by atoms with van der Waals surface area (Å²) in [6.07, 6.45) is 4.56. The number of aromatic nitrogens is 4. The Labute approximate surface area is 127 Å². The minimum absolute atomic E-state index is 0.217. The van der Waals surface area contributed by atoms with Crippen molar-refractivity contribution in [3.8, 4) is 0 Å². The molecule has 0 aliphatic carbocycles. The maximum Gasteiger partial charge on any atom is 0.127 e. The van der Waals surface area contributed by atoms with Crippen molar-refractivity contribution < 1.29 is 4.39 Å². The van der Waals surface area contributed by atoms with Crippen LogP contribution in [-0.2, 0) is 13.1 Å². The van der Waals surface area contributed by atoms with Crippen molar-refractivity contribution in [3.63, 3.8) is 0 Å². The Morgan fingerprint density at radius 1 is 1.33 bits per heavy atom. The van der Waals surface area contributed by atoms with Crippen LogP contribution in [0.1, 0.15) is 24.5 Å². The highest BCUT2D eigenvalue weighted by Crippen LogP contribution is 2.25. The van der Waals surface area contributed by atoms with Crippen molar-refractivity contribution in [1.82, 2.24) is 19.3 Å². The smallest absolute Gasteiger partial charge is 0.127 e. The van der Waals surface area contributed by atoms with E-state index in [1.54, 1.807) is 12.3 Å². The summed E-state index contributed by atoms with van der Waals surface area (Å²) in [5, 5.41) is 3.96. The summed E-state index contributed by atoms with van der Waals surface area (Å²) in [5.41, 5.74) is 1.57. The second-order valence-electron chi connectivity index (χ2n) is 4.99. The maximum absolute atomic E-state index is 13.5. The standard InChI is InChI=1S/C15H16ClFN4/c1-11(16)15-19-13-5-4-12(17)10-14(13)21(15)9-3-8-20-7-2-6-18-20/h2,4-7,10-11H,3,8-9H2,1H3. The van der Waals surface area contributed by atoms with Crippen LogP contribution in [0.25, 0.3) is 11.0 Å². The summed E-state index contributed by atoms with van der Waals surface area (Å²) >= 11 is 6.20. The predicted molar refractivity (Wildman–Crippen MR) is 80.8 cm³/mol. The zero-order valence-corrected chi connectivity index (χ0v) is 12.5. The highest BCUT2D eigenvalue weighted by molar-refractivity contribution is 6.20. The molecule has 0 saturated heterocycles. The fourth-order valence-electron chi connectivity index (χ4n) is 2.48. The van der Waals surface area contributed by atoms with Gasteiger partial charge in [0.2, 0.25) is 0 Å². The van der Waals surface area contributed by atoms with Crippen molar-refractivity contribution in [3.05, 3.63) is 48.3 Å². The predicted octanol–water partition coefficient (Wildman–Crippen LogP) is 3.76. The van der Waals surface area contributed by atoms with E-state index >= 15 is 0 Å². The summed E-state index contributed by atoms with van der Waals surface area (Å²) in [6.45, 7) is 3.41. The molecule has 0 saturated carbocycles. The van der Waals surface area contributed by atoms with Gasteiger partial charge < -0.3 is 4.57 Å². The average Bonchev–Trinajstić information content (AvgIpc) is 3.07. The van der Waals surface area contributed by atoms with Gasteiger partial charge in [0.1, 0.15) is 11.6 Å². The van der Waals surface area contributed by atoms with Gasteiger partial charge in [0.25, 0.3) is 0 Å². The Balaban J connectivity index is 1.87. The molecular formula is C15H16ClFN4. The fraction of sp³-hybridized carbons (Fsp3) is 0.333. The number of halogens is 2. The van der Waals surface area contributed by atoms with Gasteiger partial charge in [-0.2, -0.15) is 5.10 Å². The van der Waals surface area contributed by atoms with Crippen LogP contribution in [0.2, 0.25) is 0 Å². The number of hydrogen-bond acceptors (Lipinski definition) is 2. The summed E-state index contributed by atoms with van der Waals surface area (Å²) in [7, 11) is 0. The Bertz CT molecular complexity index is 734. The van der Waals surface area contributed by atoms with E-state index in [-0.39, 0.29) is 11.2 Å². The number of hydrogen-bond donors (Lipinski definition) is 0. The molecule has 0 aliphatic rings. The monoisotopic (exact) mass is 306 g/mol. The first-order chi connectivity index (χ1) is 10.1. The van der Waals surface area contributed by atoms with Gasteiger partial charge in [0.15, 0.2) is 0 Å². The Kier molecular flexibility index (Phi) is 3.92. The molecule has 0 amide bonds. The number of alkyl halides is 1. The molecule has 4 nitrogen and oxygen atoms in total. The Hall–Kier alpha value is -1.88. The van der Waals surface area contributed by atoms with Gasteiger partial charge in [-0.05, 0) is 37.6 Å². The van der Waals surface area contributed by atoms with Crippen molar-refractivity contribution in [2.45, 2.75) is 31.8 Å². The number of rotatable bonds is 5. The average molecular weight is 307 g/mol. The SMILES string of the molecule is CC(Cl)c1nc2ccc(F)cc2n1CCCn1cccn1. The van der Waals surface area contributed by atoms with E-state index in [1.165, 1.54) is 12.1 Å². The number of fused-ring (bicyclic) bond motifs is 1. The second-order valence-corrected chi connectivity index (χ2v) is 5.65.